The zero-order valence-corrected chi connectivity index (χ0v) is 17.9. The lowest BCUT2D eigenvalue weighted by molar-refractivity contribution is -0.162. The van der Waals surface area contributed by atoms with Crippen LogP contribution in [0.2, 0.25) is 0 Å². The summed E-state index contributed by atoms with van der Waals surface area (Å²) in [7, 11) is 0. The van der Waals surface area contributed by atoms with Gasteiger partial charge in [-0.3, -0.25) is 9.59 Å². The standard InChI is InChI=1S/C23H34O6/c1-10-12-5-14(16(24)6-12)17(10)21(25)27-8-23(3,4)9-28-22(26)18-11(2)13-7-15(18)20-19(13)29-20/h10-20,24H,5-9H2,1-4H3. The Hall–Kier alpha value is -1.14. The number of fused-ring (bicyclic) bond motifs is 7. The molecular weight excluding hydrogens is 372 g/mol. The number of hydrogen-bond acceptors (Lipinski definition) is 6. The van der Waals surface area contributed by atoms with Crippen molar-refractivity contribution in [1.29, 1.82) is 0 Å². The maximum Gasteiger partial charge on any atom is 0.309 e. The van der Waals surface area contributed by atoms with Gasteiger partial charge in [0.2, 0.25) is 0 Å². The summed E-state index contributed by atoms with van der Waals surface area (Å²) in [6.45, 7) is 8.61. The maximum absolute atomic E-state index is 12.8. The minimum Gasteiger partial charge on any atom is -0.465 e. The SMILES string of the molecule is CC1C2CC(O)C(C2)C1C(=O)OCC(C)(C)COC(=O)C1C(C)C2CC1C1OC21. The van der Waals surface area contributed by atoms with Crippen molar-refractivity contribution in [3.63, 3.8) is 0 Å². The fraction of sp³-hybridized carbons (Fsp3) is 0.913. The zero-order chi connectivity index (χ0) is 20.7. The molecule has 5 rings (SSSR count). The van der Waals surface area contributed by atoms with Gasteiger partial charge in [-0.05, 0) is 48.9 Å². The van der Waals surface area contributed by atoms with Crippen LogP contribution in [0.15, 0.2) is 0 Å². The molecule has 1 aliphatic heterocycles. The molecule has 6 heteroatoms. The summed E-state index contributed by atoms with van der Waals surface area (Å²) in [5.74, 6) is 1.30. The van der Waals surface area contributed by atoms with Gasteiger partial charge in [-0.1, -0.05) is 27.7 Å². The molecule has 1 saturated heterocycles. The Morgan fingerprint density at radius 3 is 2.07 bits per heavy atom. The molecule has 4 bridgehead atoms. The Morgan fingerprint density at radius 1 is 0.897 bits per heavy atom. The quantitative estimate of drug-likeness (QED) is 0.539. The lowest BCUT2D eigenvalue weighted by atomic mass is 9.79. The number of aliphatic hydroxyl groups is 1. The van der Waals surface area contributed by atoms with Gasteiger partial charge in [0.05, 0.1) is 43.4 Å². The minimum atomic E-state index is -0.440. The van der Waals surface area contributed by atoms with Gasteiger partial charge in [0.15, 0.2) is 0 Å². The maximum atomic E-state index is 12.8. The second-order valence-electron chi connectivity index (χ2n) is 11.2. The number of aliphatic hydroxyl groups excluding tert-OH is 1. The summed E-state index contributed by atoms with van der Waals surface area (Å²) in [5.41, 5.74) is -0.440. The predicted octanol–water partition coefficient (Wildman–Crippen LogP) is 2.42. The first-order valence-electron chi connectivity index (χ1n) is 11.3. The Bertz CT molecular complexity index is 675. The van der Waals surface area contributed by atoms with E-state index in [0.29, 0.717) is 29.8 Å². The molecule has 29 heavy (non-hydrogen) atoms. The van der Waals surface area contributed by atoms with Crippen molar-refractivity contribution in [1.82, 2.24) is 0 Å². The third kappa shape index (κ3) is 3.13. The van der Waals surface area contributed by atoms with Crippen LogP contribution in [0.1, 0.15) is 47.0 Å². The van der Waals surface area contributed by atoms with Crippen LogP contribution >= 0.6 is 0 Å². The van der Waals surface area contributed by atoms with Crippen molar-refractivity contribution in [3.8, 4) is 0 Å². The number of esters is 2. The largest absolute Gasteiger partial charge is 0.465 e. The summed E-state index contributed by atoms with van der Waals surface area (Å²) in [5, 5.41) is 10.1. The highest BCUT2D eigenvalue weighted by atomic mass is 16.6. The lowest BCUT2D eigenvalue weighted by Gasteiger charge is -2.32. The second kappa shape index (κ2) is 6.68. The first-order chi connectivity index (χ1) is 13.7. The van der Waals surface area contributed by atoms with E-state index in [4.69, 9.17) is 14.2 Å². The topological polar surface area (TPSA) is 85.4 Å². The molecule has 162 valence electrons. The van der Waals surface area contributed by atoms with Crippen LogP contribution in [-0.4, -0.2) is 48.6 Å². The van der Waals surface area contributed by atoms with Gasteiger partial charge < -0.3 is 19.3 Å². The molecular formula is C23H34O6. The van der Waals surface area contributed by atoms with Gasteiger partial charge in [-0.2, -0.15) is 0 Å². The number of rotatable bonds is 6. The van der Waals surface area contributed by atoms with Gasteiger partial charge in [0, 0.05) is 11.3 Å². The second-order valence-corrected chi connectivity index (χ2v) is 11.2. The molecule has 4 aliphatic carbocycles. The summed E-state index contributed by atoms with van der Waals surface area (Å²) >= 11 is 0. The van der Waals surface area contributed by atoms with Gasteiger partial charge >= 0.3 is 11.9 Å². The number of epoxide rings is 1. The fourth-order valence-electron chi connectivity index (χ4n) is 7.06. The minimum absolute atomic E-state index is 0.0381. The van der Waals surface area contributed by atoms with E-state index < -0.39 is 5.41 Å². The van der Waals surface area contributed by atoms with Crippen LogP contribution in [0.5, 0.6) is 0 Å². The average Bonchev–Trinajstić information content (AvgIpc) is 2.91. The number of ether oxygens (including phenoxy) is 3. The van der Waals surface area contributed by atoms with E-state index in [2.05, 4.69) is 13.8 Å². The van der Waals surface area contributed by atoms with Crippen LogP contribution in [0.25, 0.3) is 0 Å². The molecule has 11 unspecified atom stereocenters. The molecule has 1 N–H and O–H groups in total. The van der Waals surface area contributed by atoms with E-state index >= 15 is 0 Å². The van der Waals surface area contributed by atoms with Gasteiger partial charge in [-0.25, -0.2) is 0 Å². The molecule has 5 aliphatic rings. The van der Waals surface area contributed by atoms with E-state index in [0.717, 1.165) is 19.3 Å². The molecule has 0 spiro atoms. The highest BCUT2D eigenvalue weighted by Crippen LogP contribution is 2.61. The molecule has 0 aromatic rings. The average molecular weight is 407 g/mol. The fourth-order valence-corrected chi connectivity index (χ4v) is 7.06. The number of hydrogen-bond donors (Lipinski definition) is 1. The summed E-state index contributed by atoms with van der Waals surface area (Å²) in [4.78, 5) is 25.5. The van der Waals surface area contributed by atoms with E-state index in [-0.39, 0.29) is 61.0 Å². The molecule has 5 fully saturated rings. The van der Waals surface area contributed by atoms with Gasteiger partial charge in [0.25, 0.3) is 0 Å². The number of carbonyl (C=O) groups excluding carboxylic acids is 2. The van der Waals surface area contributed by atoms with Crippen LogP contribution in [-0.2, 0) is 23.8 Å². The third-order valence-corrected chi connectivity index (χ3v) is 8.79. The van der Waals surface area contributed by atoms with E-state index in [1.54, 1.807) is 0 Å². The van der Waals surface area contributed by atoms with E-state index in [1.165, 1.54) is 0 Å². The summed E-state index contributed by atoms with van der Waals surface area (Å²) in [6.07, 6.45) is 3.12. The van der Waals surface area contributed by atoms with Crippen molar-refractivity contribution in [3.05, 3.63) is 0 Å². The van der Waals surface area contributed by atoms with Crippen molar-refractivity contribution >= 4 is 11.9 Å². The van der Waals surface area contributed by atoms with Gasteiger partial charge in [-0.15, -0.1) is 0 Å². The molecule has 0 amide bonds. The summed E-state index contributed by atoms with van der Waals surface area (Å²) < 4.78 is 17.1. The third-order valence-electron chi connectivity index (χ3n) is 8.79. The van der Waals surface area contributed by atoms with Crippen LogP contribution in [0.3, 0.4) is 0 Å². The molecule has 0 aromatic carbocycles. The zero-order valence-electron chi connectivity index (χ0n) is 17.9. The van der Waals surface area contributed by atoms with E-state index in [9.17, 15) is 14.7 Å². The summed E-state index contributed by atoms with van der Waals surface area (Å²) in [6, 6.07) is 0. The monoisotopic (exact) mass is 406 g/mol. The van der Waals surface area contributed by atoms with Crippen molar-refractivity contribution in [2.75, 3.05) is 13.2 Å². The van der Waals surface area contributed by atoms with Crippen molar-refractivity contribution in [2.24, 2.45) is 52.8 Å². The number of carbonyl (C=O) groups is 2. The molecule has 4 saturated carbocycles. The Balaban J connectivity index is 1.11. The lowest BCUT2D eigenvalue weighted by Crippen LogP contribution is -2.39. The predicted molar refractivity (Wildman–Crippen MR) is 103 cm³/mol. The van der Waals surface area contributed by atoms with Crippen molar-refractivity contribution < 1.29 is 28.9 Å². The van der Waals surface area contributed by atoms with Crippen LogP contribution in [0, 0.1) is 52.8 Å². The normalized spacial score (nSPS) is 49.2. The Kier molecular flexibility index (Phi) is 4.56. The highest BCUT2D eigenvalue weighted by molar-refractivity contribution is 5.75. The van der Waals surface area contributed by atoms with Gasteiger partial charge in [0.1, 0.15) is 0 Å². The van der Waals surface area contributed by atoms with Crippen LogP contribution < -0.4 is 0 Å². The van der Waals surface area contributed by atoms with E-state index in [1.807, 2.05) is 13.8 Å². The van der Waals surface area contributed by atoms with Crippen molar-refractivity contribution in [2.45, 2.75) is 65.3 Å². The Labute approximate surface area is 172 Å². The molecule has 0 radical (unpaired) electrons. The highest BCUT2D eigenvalue weighted by Gasteiger charge is 2.68. The first kappa shape index (κ1) is 19.8. The molecule has 1 heterocycles. The molecule has 6 nitrogen and oxygen atoms in total. The smallest absolute Gasteiger partial charge is 0.309 e. The molecule has 0 aromatic heterocycles. The molecule has 11 atom stereocenters. The Morgan fingerprint density at radius 2 is 1.48 bits per heavy atom. The van der Waals surface area contributed by atoms with Crippen LogP contribution in [0.4, 0.5) is 0 Å². The first-order valence-corrected chi connectivity index (χ1v) is 11.3.